The molecule has 0 unspecified atom stereocenters. The van der Waals surface area contributed by atoms with Crippen LogP contribution in [0.5, 0.6) is 0 Å². The van der Waals surface area contributed by atoms with Gasteiger partial charge in [-0.2, -0.15) is 20.0 Å². The molecule has 0 bridgehead atoms. The van der Waals surface area contributed by atoms with Crippen molar-refractivity contribution in [3.63, 3.8) is 0 Å². The maximum atomic E-state index is 14.2. The van der Waals surface area contributed by atoms with Crippen LogP contribution in [0.15, 0.2) is 47.1 Å². The first-order valence-electron chi connectivity index (χ1n) is 11.2. The third kappa shape index (κ3) is 4.23. The molecular weight excluding hydrogens is 459 g/mol. The maximum absolute atomic E-state index is 14.2. The monoisotopic (exact) mass is 482 g/mol. The van der Waals surface area contributed by atoms with Crippen LogP contribution in [0.3, 0.4) is 0 Å². The first kappa shape index (κ1) is 22.3. The number of piperidine rings is 1. The second-order valence-electron chi connectivity index (χ2n) is 8.63. The summed E-state index contributed by atoms with van der Waals surface area (Å²) >= 11 is 6.05. The van der Waals surface area contributed by atoms with Gasteiger partial charge < -0.3 is 14.6 Å². The molecule has 1 aliphatic rings. The van der Waals surface area contributed by atoms with Crippen molar-refractivity contribution in [3.05, 3.63) is 64.7 Å². The molecule has 4 aromatic rings. The van der Waals surface area contributed by atoms with Crippen LogP contribution < -0.4 is 5.32 Å². The standard InChI is InChI=1S/C24H24ClFN6O2/c1-14-4-3-9-31(20(14)13-27-24-30-18-11-16(25)5-6-21(18)34-24)23(33)22-15(2)10-17(26)12-19(22)32-28-7-8-29-32/h5-8,10-12,14,20H,3-4,9,13H2,1-2H3,(H,27,30)/t14-,20-/m1/s1. The van der Waals surface area contributed by atoms with E-state index >= 15 is 0 Å². The summed E-state index contributed by atoms with van der Waals surface area (Å²) in [6.07, 6.45) is 4.88. The van der Waals surface area contributed by atoms with Gasteiger partial charge in [-0.3, -0.25) is 4.79 Å². The minimum atomic E-state index is -0.442. The van der Waals surface area contributed by atoms with E-state index in [0.29, 0.717) is 52.0 Å². The van der Waals surface area contributed by atoms with E-state index in [2.05, 4.69) is 27.4 Å². The van der Waals surface area contributed by atoms with Crippen LogP contribution in [0.4, 0.5) is 10.4 Å². The number of aryl methyl sites for hydroxylation is 1. The third-order valence-corrected chi connectivity index (χ3v) is 6.55. The third-order valence-electron chi connectivity index (χ3n) is 6.32. The molecule has 5 rings (SSSR count). The fourth-order valence-corrected chi connectivity index (χ4v) is 4.79. The van der Waals surface area contributed by atoms with Crippen LogP contribution in [0, 0.1) is 18.7 Å². The molecule has 1 fully saturated rings. The molecular formula is C24H24ClFN6O2. The molecule has 34 heavy (non-hydrogen) atoms. The Morgan fingerprint density at radius 3 is 2.85 bits per heavy atom. The van der Waals surface area contributed by atoms with Crippen molar-refractivity contribution in [2.24, 2.45) is 5.92 Å². The summed E-state index contributed by atoms with van der Waals surface area (Å²) in [5.74, 6) is -0.369. The van der Waals surface area contributed by atoms with Gasteiger partial charge in [0, 0.05) is 24.2 Å². The Labute approximate surface area is 200 Å². The second kappa shape index (κ2) is 9.06. The second-order valence-corrected chi connectivity index (χ2v) is 9.07. The van der Waals surface area contributed by atoms with Gasteiger partial charge in [0.1, 0.15) is 17.0 Å². The van der Waals surface area contributed by atoms with Crippen molar-refractivity contribution in [2.45, 2.75) is 32.7 Å². The molecule has 0 spiro atoms. The van der Waals surface area contributed by atoms with Gasteiger partial charge in [-0.15, -0.1) is 0 Å². The Bertz CT molecular complexity index is 1340. The fraction of sp³-hybridized carbons (Fsp3) is 0.333. The molecule has 2 aromatic heterocycles. The van der Waals surface area contributed by atoms with E-state index in [0.717, 1.165) is 12.8 Å². The number of nitrogens with zero attached hydrogens (tertiary/aromatic N) is 5. The Hall–Kier alpha value is -3.46. The van der Waals surface area contributed by atoms with Gasteiger partial charge in [0.05, 0.1) is 24.0 Å². The van der Waals surface area contributed by atoms with Gasteiger partial charge in [0.15, 0.2) is 5.58 Å². The summed E-state index contributed by atoms with van der Waals surface area (Å²) in [6.45, 7) is 4.92. The van der Waals surface area contributed by atoms with Crippen molar-refractivity contribution in [1.82, 2.24) is 24.9 Å². The molecule has 3 heterocycles. The lowest BCUT2D eigenvalue weighted by molar-refractivity contribution is 0.0538. The predicted molar refractivity (Wildman–Crippen MR) is 127 cm³/mol. The van der Waals surface area contributed by atoms with Crippen LogP contribution in [0.1, 0.15) is 35.7 Å². The summed E-state index contributed by atoms with van der Waals surface area (Å²) in [5.41, 5.74) is 2.56. The van der Waals surface area contributed by atoms with E-state index in [1.807, 2.05) is 4.90 Å². The molecule has 10 heteroatoms. The Morgan fingerprint density at radius 1 is 1.26 bits per heavy atom. The van der Waals surface area contributed by atoms with Crippen LogP contribution in [-0.4, -0.2) is 49.9 Å². The van der Waals surface area contributed by atoms with Crippen molar-refractivity contribution in [2.75, 3.05) is 18.4 Å². The number of aromatic nitrogens is 4. The number of hydrogen-bond acceptors (Lipinski definition) is 6. The number of amides is 1. The summed E-state index contributed by atoms with van der Waals surface area (Å²) in [7, 11) is 0. The average Bonchev–Trinajstić information content (AvgIpc) is 3.47. The summed E-state index contributed by atoms with van der Waals surface area (Å²) in [5, 5.41) is 12.1. The highest BCUT2D eigenvalue weighted by Crippen LogP contribution is 2.29. The zero-order valence-electron chi connectivity index (χ0n) is 18.8. The maximum Gasteiger partial charge on any atom is 0.295 e. The summed E-state index contributed by atoms with van der Waals surface area (Å²) in [4.78, 5) is 21.4. The number of hydrogen-bond donors (Lipinski definition) is 1. The van der Waals surface area contributed by atoms with E-state index in [1.165, 1.54) is 29.3 Å². The first-order valence-corrected chi connectivity index (χ1v) is 11.6. The summed E-state index contributed by atoms with van der Waals surface area (Å²) in [6, 6.07) is 8.20. The largest absolute Gasteiger partial charge is 0.424 e. The molecule has 0 aliphatic carbocycles. The highest BCUT2D eigenvalue weighted by Gasteiger charge is 2.34. The molecule has 2 atom stereocenters. The van der Waals surface area contributed by atoms with Crippen molar-refractivity contribution >= 4 is 34.6 Å². The molecule has 176 valence electrons. The number of fused-ring (bicyclic) bond motifs is 1. The highest BCUT2D eigenvalue weighted by molar-refractivity contribution is 6.31. The predicted octanol–water partition coefficient (Wildman–Crippen LogP) is 4.86. The number of carbonyl (C=O) groups is 1. The number of rotatable bonds is 5. The van der Waals surface area contributed by atoms with Crippen LogP contribution >= 0.6 is 11.6 Å². The molecule has 0 saturated carbocycles. The lowest BCUT2D eigenvalue weighted by atomic mass is 9.89. The van der Waals surface area contributed by atoms with Crippen molar-refractivity contribution < 1.29 is 13.6 Å². The van der Waals surface area contributed by atoms with Gasteiger partial charge in [-0.05, 0) is 55.5 Å². The van der Waals surface area contributed by atoms with Crippen molar-refractivity contribution in [3.8, 4) is 5.69 Å². The minimum Gasteiger partial charge on any atom is -0.424 e. The quantitative estimate of drug-likeness (QED) is 0.437. The van der Waals surface area contributed by atoms with Crippen LogP contribution in [-0.2, 0) is 0 Å². The zero-order valence-corrected chi connectivity index (χ0v) is 19.6. The zero-order chi connectivity index (χ0) is 23.8. The number of oxazole rings is 1. The lowest BCUT2D eigenvalue weighted by Gasteiger charge is -2.40. The highest BCUT2D eigenvalue weighted by atomic mass is 35.5. The first-order chi connectivity index (χ1) is 16.4. The van der Waals surface area contributed by atoms with E-state index in [9.17, 15) is 9.18 Å². The van der Waals surface area contributed by atoms with E-state index in [1.54, 1.807) is 25.1 Å². The van der Waals surface area contributed by atoms with Gasteiger partial charge in [0.2, 0.25) is 0 Å². The Morgan fingerprint density at radius 2 is 2.06 bits per heavy atom. The number of carbonyl (C=O) groups excluding carboxylic acids is 1. The molecule has 0 radical (unpaired) electrons. The molecule has 1 aliphatic heterocycles. The van der Waals surface area contributed by atoms with Gasteiger partial charge in [-0.25, -0.2) is 4.39 Å². The summed E-state index contributed by atoms with van der Waals surface area (Å²) < 4.78 is 20.0. The smallest absolute Gasteiger partial charge is 0.295 e. The number of halogens is 2. The van der Waals surface area contributed by atoms with E-state index in [-0.39, 0.29) is 17.9 Å². The van der Waals surface area contributed by atoms with E-state index < -0.39 is 5.82 Å². The normalized spacial score (nSPS) is 18.4. The van der Waals surface area contributed by atoms with Gasteiger partial charge in [0.25, 0.3) is 11.9 Å². The number of likely N-dealkylation sites (tertiary alicyclic amines) is 1. The molecule has 1 amide bonds. The van der Waals surface area contributed by atoms with Crippen LogP contribution in [0.25, 0.3) is 16.8 Å². The average molecular weight is 483 g/mol. The topological polar surface area (TPSA) is 89.1 Å². The SMILES string of the molecule is Cc1cc(F)cc(-n2nccn2)c1C(=O)N1CCC[C@@H](C)[C@H]1CNc1nc2cc(Cl)ccc2o1. The molecule has 1 saturated heterocycles. The number of benzene rings is 2. The molecule has 2 aromatic carbocycles. The van der Waals surface area contributed by atoms with Crippen LogP contribution in [0.2, 0.25) is 5.02 Å². The van der Waals surface area contributed by atoms with Gasteiger partial charge >= 0.3 is 0 Å². The fourth-order valence-electron chi connectivity index (χ4n) is 4.63. The minimum absolute atomic E-state index is 0.109. The number of anilines is 1. The van der Waals surface area contributed by atoms with Gasteiger partial charge in [-0.1, -0.05) is 18.5 Å². The Kier molecular flexibility index (Phi) is 5.95. The molecule has 1 N–H and O–H groups in total. The number of nitrogens with one attached hydrogen (secondary N) is 1. The van der Waals surface area contributed by atoms with Crippen molar-refractivity contribution in [1.29, 1.82) is 0 Å². The lowest BCUT2D eigenvalue weighted by Crippen LogP contribution is -2.51. The van der Waals surface area contributed by atoms with E-state index in [4.69, 9.17) is 16.0 Å². The Balaban J connectivity index is 1.43. The molecule has 8 nitrogen and oxygen atoms in total.